The van der Waals surface area contributed by atoms with Crippen LogP contribution in [0.15, 0.2) is 23.0 Å². The quantitative estimate of drug-likeness (QED) is 0.923. The molecule has 0 bridgehead atoms. The number of carbonyl (C=O) groups excluding carboxylic acids is 1. The molecule has 2 aromatic rings. The van der Waals surface area contributed by atoms with Gasteiger partial charge in [0.1, 0.15) is 4.88 Å². The molecule has 0 aromatic carbocycles. The van der Waals surface area contributed by atoms with Gasteiger partial charge in [0.05, 0.1) is 11.2 Å². The largest absolute Gasteiger partial charge is 0.330 e. The Bertz CT molecular complexity index is 689. The first kappa shape index (κ1) is 15.3. The number of piperidine rings is 1. The Morgan fingerprint density at radius 1 is 1.48 bits per heavy atom. The number of carbonyl (C=O) groups is 1. The van der Waals surface area contributed by atoms with Crippen molar-refractivity contribution in [2.45, 2.75) is 38.8 Å². The molecular formula is C17H21N3OS2. The highest BCUT2D eigenvalue weighted by Gasteiger charge is 2.57. The third-order valence-electron chi connectivity index (χ3n) is 5.15. The van der Waals surface area contributed by atoms with Gasteiger partial charge in [-0.25, -0.2) is 4.98 Å². The summed E-state index contributed by atoms with van der Waals surface area (Å²) < 4.78 is 0. The minimum atomic E-state index is 0.155. The molecule has 1 spiro atoms. The molecule has 1 N–H and O–H groups in total. The number of hydrogen-bond donors (Lipinski definition) is 1. The molecule has 2 fully saturated rings. The van der Waals surface area contributed by atoms with Crippen molar-refractivity contribution in [1.82, 2.24) is 15.2 Å². The molecule has 0 radical (unpaired) electrons. The maximum Gasteiger partial charge on any atom is 0.266 e. The number of amides is 1. The molecule has 23 heavy (non-hydrogen) atoms. The molecule has 4 rings (SSSR count). The Labute approximate surface area is 144 Å². The number of rotatable bonds is 4. The molecule has 6 heteroatoms. The van der Waals surface area contributed by atoms with E-state index in [1.54, 1.807) is 17.5 Å². The van der Waals surface area contributed by atoms with Gasteiger partial charge < -0.3 is 10.2 Å². The second kappa shape index (κ2) is 6.00. The van der Waals surface area contributed by atoms with Crippen LogP contribution in [0.5, 0.6) is 0 Å². The van der Waals surface area contributed by atoms with Gasteiger partial charge in [0, 0.05) is 12.6 Å². The van der Waals surface area contributed by atoms with E-state index in [4.69, 9.17) is 0 Å². The summed E-state index contributed by atoms with van der Waals surface area (Å²) in [5.74, 6) is 0.155. The van der Waals surface area contributed by atoms with Gasteiger partial charge in [-0.15, -0.1) is 11.3 Å². The minimum Gasteiger partial charge on any atom is -0.330 e. The average molecular weight is 348 g/mol. The molecule has 1 aliphatic carbocycles. The van der Waals surface area contributed by atoms with E-state index in [0.717, 1.165) is 35.9 Å². The summed E-state index contributed by atoms with van der Waals surface area (Å²) in [4.78, 5) is 20.2. The number of aromatic nitrogens is 1. The van der Waals surface area contributed by atoms with E-state index in [2.05, 4.69) is 32.0 Å². The number of thiazole rings is 1. The lowest BCUT2D eigenvalue weighted by molar-refractivity contribution is 0.0697. The maximum atomic E-state index is 13.1. The molecule has 122 valence electrons. The predicted octanol–water partition coefficient (Wildman–Crippen LogP) is 3.30. The Kier molecular flexibility index (Phi) is 3.99. The van der Waals surface area contributed by atoms with Gasteiger partial charge in [0.25, 0.3) is 5.91 Å². The van der Waals surface area contributed by atoms with E-state index in [1.165, 1.54) is 29.7 Å². The van der Waals surface area contributed by atoms with Crippen LogP contribution in [0.4, 0.5) is 0 Å². The molecule has 2 aliphatic rings. The van der Waals surface area contributed by atoms with Crippen molar-refractivity contribution in [3.63, 3.8) is 0 Å². The Morgan fingerprint density at radius 2 is 2.30 bits per heavy atom. The standard InChI is InChI=1S/C17H21N3OS2/c1-12-19-9-14(23-12)16(21)20(10-13-2-7-22-11-13)15-8-17(15)3-5-18-6-4-17/h2,7,9,11,15,18H,3-6,8,10H2,1H3. The van der Waals surface area contributed by atoms with Gasteiger partial charge in [-0.05, 0) is 67.1 Å². The van der Waals surface area contributed by atoms with Crippen LogP contribution in [0, 0.1) is 12.3 Å². The monoisotopic (exact) mass is 347 g/mol. The Hall–Kier alpha value is -1.24. The summed E-state index contributed by atoms with van der Waals surface area (Å²) in [6.45, 7) is 4.84. The van der Waals surface area contributed by atoms with E-state index in [0.29, 0.717) is 11.5 Å². The van der Waals surface area contributed by atoms with E-state index in [9.17, 15) is 4.79 Å². The predicted molar refractivity (Wildman–Crippen MR) is 94.0 cm³/mol. The summed E-state index contributed by atoms with van der Waals surface area (Å²) in [5, 5.41) is 8.63. The molecular weight excluding hydrogens is 326 g/mol. The zero-order valence-corrected chi connectivity index (χ0v) is 14.9. The van der Waals surface area contributed by atoms with Crippen molar-refractivity contribution in [1.29, 1.82) is 0 Å². The summed E-state index contributed by atoms with van der Waals surface area (Å²) >= 11 is 3.20. The lowest BCUT2D eigenvalue weighted by Gasteiger charge is -2.29. The molecule has 4 nitrogen and oxygen atoms in total. The van der Waals surface area contributed by atoms with Gasteiger partial charge in [-0.2, -0.15) is 11.3 Å². The van der Waals surface area contributed by atoms with Crippen LogP contribution < -0.4 is 5.32 Å². The third-order valence-corrected chi connectivity index (χ3v) is 6.78. The zero-order valence-electron chi connectivity index (χ0n) is 13.2. The van der Waals surface area contributed by atoms with Gasteiger partial charge in [-0.3, -0.25) is 4.79 Å². The zero-order chi connectivity index (χ0) is 15.9. The minimum absolute atomic E-state index is 0.155. The number of thiophene rings is 1. The SMILES string of the molecule is Cc1ncc(C(=O)N(Cc2ccsc2)C2CC23CCNCC3)s1. The van der Waals surface area contributed by atoms with Gasteiger partial charge >= 0.3 is 0 Å². The lowest BCUT2D eigenvalue weighted by atomic mass is 9.93. The second-order valence-corrected chi connectivity index (χ2v) is 8.66. The van der Waals surface area contributed by atoms with Gasteiger partial charge in [-0.1, -0.05) is 0 Å². The molecule has 1 unspecified atom stereocenters. The summed E-state index contributed by atoms with van der Waals surface area (Å²) in [6, 6.07) is 2.51. The summed E-state index contributed by atoms with van der Waals surface area (Å²) in [6.07, 6.45) is 5.27. The third kappa shape index (κ3) is 2.95. The Balaban J connectivity index is 1.58. The summed E-state index contributed by atoms with van der Waals surface area (Å²) in [5.41, 5.74) is 1.59. The first-order chi connectivity index (χ1) is 11.2. The highest BCUT2D eigenvalue weighted by atomic mass is 32.1. The van der Waals surface area contributed by atoms with E-state index >= 15 is 0 Å². The number of nitrogens with zero attached hydrogens (tertiary/aromatic N) is 2. The fraction of sp³-hybridized carbons (Fsp3) is 0.529. The van der Waals surface area contributed by atoms with Crippen LogP contribution in [0.1, 0.15) is 39.5 Å². The van der Waals surface area contributed by atoms with Crippen molar-refractivity contribution < 1.29 is 4.79 Å². The highest BCUT2D eigenvalue weighted by Crippen LogP contribution is 2.56. The average Bonchev–Trinajstić information content (AvgIpc) is 2.97. The van der Waals surface area contributed by atoms with Crippen LogP contribution in [-0.4, -0.2) is 34.9 Å². The van der Waals surface area contributed by atoms with Crippen molar-refractivity contribution in [3.8, 4) is 0 Å². The van der Waals surface area contributed by atoms with Gasteiger partial charge in [0.2, 0.25) is 0 Å². The molecule has 1 amide bonds. The number of nitrogens with one attached hydrogen (secondary N) is 1. The van der Waals surface area contributed by atoms with E-state index in [1.807, 2.05) is 6.92 Å². The van der Waals surface area contributed by atoms with Crippen LogP contribution in [-0.2, 0) is 6.54 Å². The first-order valence-electron chi connectivity index (χ1n) is 8.13. The van der Waals surface area contributed by atoms with Crippen LogP contribution >= 0.6 is 22.7 Å². The molecule has 1 saturated carbocycles. The molecule has 3 heterocycles. The first-order valence-corrected chi connectivity index (χ1v) is 9.89. The van der Waals surface area contributed by atoms with E-state index < -0.39 is 0 Å². The maximum absolute atomic E-state index is 13.1. The van der Waals surface area contributed by atoms with Crippen LogP contribution in [0.3, 0.4) is 0 Å². The van der Waals surface area contributed by atoms with Crippen molar-refractivity contribution >= 4 is 28.6 Å². The molecule has 2 aromatic heterocycles. The van der Waals surface area contributed by atoms with E-state index in [-0.39, 0.29) is 5.91 Å². The molecule has 1 saturated heterocycles. The van der Waals surface area contributed by atoms with Crippen molar-refractivity contribution in [3.05, 3.63) is 38.5 Å². The molecule has 1 atom stereocenters. The fourth-order valence-electron chi connectivity index (χ4n) is 3.73. The van der Waals surface area contributed by atoms with Crippen molar-refractivity contribution in [2.75, 3.05) is 13.1 Å². The normalized spacial score (nSPS) is 22.2. The number of hydrogen-bond acceptors (Lipinski definition) is 5. The Morgan fingerprint density at radius 3 is 2.96 bits per heavy atom. The highest BCUT2D eigenvalue weighted by molar-refractivity contribution is 7.13. The van der Waals surface area contributed by atoms with Crippen molar-refractivity contribution in [2.24, 2.45) is 5.41 Å². The smallest absolute Gasteiger partial charge is 0.266 e. The topological polar surface area (TPSA) is 45.2 Å². The van der Waals surface area contributed by atoms with Gasteiger partial charge in [0.15, 0.2) is 0 Å². The molecule has 1 aliphatic heterocycles. The lowest BCUT2D eigenvalue weighted by Crippen LogP contribution is -2.38. The van der Waals surface area contributed by atoms with Crippen LogP contribution in [0.2, 0.25) is 0 Å². The summed E-state index contributed by atoms with van der Waals surface area (Å²) in [7, 11) is 0. The number of aryl methyl sites for hydroxylation is 1. The fourth-order valence-corrected chi connectivity index (χ4v) is 5.13. The second-order valence-electron chi connectivity index (χ2n) is 6.64. The van der Waals surface area contributed by atoms with Crippen LogP contribution in [0.25, 0.3) is 0 Å².